The van der Waals surface area contributed by atoms with Crippen LogP contribution in [-0.4, -0.2) is 22.5 Å². The van der Waals surface area contributed by atoms with Crippen molar-refractivity contribution < 1.29 is 9.90 Å². The molecular formula is C25H23ClN2O2. The second-order valence-electron chi connectivity index (χ2n) is 7.30. The second kappa shape index (κ2) is 9.06. The van der Waals surface area contributed by atoms with Gasteiger partial charge in [-0.05, 0) is 41.3 Å². The van der Waals surface area contributed by atoms with E-state index in [-0.39, 0.29) is 17.6 Å². The highest BCUT2D eigenvalue weighted by molar-refractivity contribution is 6.31. The predicted molar refractivity (Wildman–Crippen MR) is 121 cm³/mol. The molecule has 30 heavy (non-hydrogen) atoms. The van der Waals surface area contributed by atoms with Gasteiger partial charge >= 0.3 is 0 Å². The number of hydrogen-bond donors (Lipinski definition) is 3. The fourth-order valence-corrected chi connectivity index (χ4v) is 4.07. The van der Waals surface area contributed by atoms with Gasteiger partial charge < -0.3 is 15.4 Å². The molecule has 1 heterocycles. The van der Waals surface area contributed by atoms with E-state index >= 15 is 0 Å². The van der Waals surface area contributed by atoms with Crippen LogP contribution in [0.4, 0.5) is 0 Å². The van der Waals surface area contributed by atoms with Gasteiger partial charge in [0, 0.05) is 41.0 Å². The Bertz CT molecular complexity index is 1170. The number of halogens is 1. The number of phenolic OH excluding ortho intramolecular Hbond substituents is 1. The summed E-state index contributed by atoms with van der Waals surface area (Å²) in [5.74, 6) is 0.0807. The zero-order valence-corrected chi connectivity index (χ0v) is 17.2. The van der Waals surface area contributed by atoms with Crippen molar-refractivity contribution in [1.82, 2.24) is 10.3 Å². The van der Waals surface area contributed by atoms with Gasteiger partial charge in [0.25, 0.3) is 0 Å². The maximum absolute atomic E-state index is 12.5. The average molecular weight is 419 g/mol. The van der Waals surface area contributed by atoms with E-state index in [9.17, 15) is 9.90 Å². The lowest BCUT2D eigenvalue weighted by Gasteiger charge is -2.19. The molecule has 1 amide bonds. The molecule has 5 heteroatoms. The zero-order valence-electron chi connectivity index (χ0n) is 16.4. The summed E-state index contributed by atoms with van der Waals surface area (Å²) in [6.45, 7) is 0.436. The molecule has 0 bridgehead atoms. The van der Waals surface area contributed by atoms with Crippen molar-refractivity contribution in [3.05, 3.63) is 101 Å². The first-order valence-corrected chi connectivity index (χ1v) is 10.4. The fraction of sp³-hybridized carbons (Fsp3) is 0.160. The number of benzene rings is 3. The minimum Gasteiger partial charge on any atom is -0.508 e. The minimum atomic E-state index is -0.0797. The summed E-state index contributed by atoms with van der Waals surface area (Å²) in [4.78, 5) is 15.9. The average Bonchev–Trinajstić information content (AvgIpc) is 3.18. The van der Waals surface area contributed by atoms with E-state index in [2.05, 4.69) is 16.4 Å². The van der Waals surface area contributed by atoms with E-state index in [1.54, 1.807) is 12.1 Å². The summed E-state index contributed by atoms with van der Waals surface area (Å²) in [7, 11) is 0. The lowest BCUT2D eigenvalue weighted by Crippen LogP contribution is -2.29. The standard InChI is InChI=1S/C25H23ClN2O2/c26-22-10-4-2-8-18(22)20(21-15-27-23-11-5-3-9-19(21)23)16-28-25(30)14-13-17-7-1-6-12-24(17)29/h1-12,15,20,27,29H,13-14,16H2,(H,28,30). The molecule has 152 valence electrons. The van der Waals surface area contributed by atoms with Crippen LogP contribution in [0.5, 0.6) is 5.75 Å². The highest BCUT2D eigenvalue weighted by Gasteiger charge is 2.21. The van der Waals surface area contributed by atoms with E-state index < -0.39 is 0 Å². The number of aromatic amines is 1. The first kappa shape index (κ1) is 20.0. The lowest BCUT2D eigenvalue weighted by molar-refractivity contribution is -0.121. The van der Waals surface area contributed by atoms with Crippen molar-refractivity contribution in [3.8, 4) is 5.75 Å². The third kappa shape index (κ3) is 4.34. The van der Waals surface area contributed by atoms with E-state index in [0.29, 0.717) is 24.4 Å². The van der Waals surface area contributed by atoms with Gasteiger partial charge in [-0.15, -0.1) is 0 Å². The Labute approximate surface area is 180 Å². The number of para-hydroxylation sites is 2. The smallest absolute Gasteiger partial charge is 0.220 e. The van der Waals surface area contributed by atoms with Gasteiger partial charge in [-0.25, -0.2) is 0 Å². The number of nitrogens with one attached hydrogen (secondary N) is 2. The number of carbonyl (C=O) groups is 1. The van der Waals surface area contributed by atoms with E-state index in [1.165, 1.54) is 0 Å². The third-order valence-corrected chi connectivity index (χ3v) is 5.74. The second-order valence-corrected chi connectivity index (χ2v) is 7.70. The first-order valence-electron chi connectivity index (χ1n) is 9.97. The monoisotopic (exact) mass is 418 g/mol. The Balaban J connectivity index is 1.53. The summed E-state index contributed by atoms with van der Waals surface area (Å²) in [5.41, 5.74) is 3.90. The third-order valence-electron chi connectivity index (χ3n) is 5.39. The molecule has 1 atom stereocenters. The van der Waals surface area contributed by atoms with Gasteiger partial charge in [0.2, 0.25) is 5.91 Å². The number of aryl methyl sites for hydroxylation is 1. The molecule has 4 aromatic rings. The Morgan fingerprint density at radius 3 is 2.53 bits per heavy atom. The molecule has 0 radical (unpaired) electrons. The van der Waals surface area contributed by atoms with Crippen molar-refractivity contribution in [1.29, 1.82) is 0 Å². The highest BCUT2D eigenvalue weighted by Crippen LogP contribution is 2.34. The molecule has 1 unspecified atom stereocenters. The van der Waals surface area contributed by atoms with E-state index in [1.807, 2.05) is 60.8 Å². The molecule has 3 N–H and O–H groups in total. The van der Waals surface area contributed by atoms with Gasteiger partial charge in [0.15, 0.2) is 0 Å². The SMILES string of the molecule is O=C(CCc1ccccc1O)NCC(c1ccccc1Cl)c1c[nH]c2ccccc12. The fourth-order valence-electron chi connectivity index (χ4n) is 3.80. The van der Waals surface area contributed by atoms with Gasteiger partial charge in [-0.3, -0.25) is 4.79 Å². The number of aromatic hydroxyl groups is 1. The van der Waals surface area contributed by atoms with Crippen molar-refractivity contribution in [3.63, 3.8) is 0 Å². The van der Waals surface area contributed by atoms with Crippen molar-refractivity contribution in [2.75, 3.05) is 6.54 Å². The van der Waals surface area contributed by atoms with Gasteiger partial charge in [0.05, 0.1) is 0 Å². The maximum Gasteiger partial charge on any atom is 0.220 e. The van der Waals surface area contributed by atoms with Crippen LogP contribution in [0.3, 0.4) is 0 Å². The Hall–Kier alpha value is -3.24. The first-order chi connectivity index (χ1) is 14.6. The highest BCUT2D eigenvalue weighted by atomic mass is 35.5. The van der Waals surface area contributed by atoms with E-state index in [4.69, 9.17) is 11.6 Å². The summed E-state index contributed by atoms with van der Waals surface area (Å²) in [6, 6.07) is 23.0. The molecule has 0 aliphatic heterocycles. The van der Waals surface area contributed by atoms with Gasteiger partial charge in [0.1, 0.15) is 5.75 Å². The minimum absolute atomic E-state index is 0.0600. The van der Waals surface area contributed by atoms with Crippen LogP contribution in [0.15, 0.2) is 79.0 Å². The Kier molecular flexibility index (Phi) is 6.05. The molecule has 0 saturated carbocycles. The van der Waals surface area contributed by atoms with Crippen LogP contribution >= 0.6 is 11.6 Å². The van der Waals surface area contributed by atoms with E-state index in [0.717, 1.165) is 27.6 Å². The van der Waals surface area contributed by atoms with Crippen LogP contribution < -0.4 is 5.32 Å². The quantitative estimate of drug-likeness (QED) is 0.376. The normalized spacial score (nSPS) is 12.0. The topological polar surface area (TPSA) is 65.1 Å². The number of amides is 1. The molecule has 0 aliphatic carbocycles. The van der Waals surface area contributed by atoms with Crippen LogP contribution in [0.2, 0.25) is 5.02 Å². The van der Waals surface area contributed by atoms with Crippen molar-refractivity contribution >= 4 is 28.4 Å². The number of rotatable bonds is 7. The summed E-state index contributed by atoms with van der Waals surface area (Å²) in [5, 5.41) is 14.7. The number of aromatic nitrogens is 1. The van der Waals surface area contributed by atoms with Crippen LogP contribution in [0, 0.1) is 0 Å². The summed E-state index contributed by atoms with van der Waals surface area (Å²) in [6.07, 6.45) is 2.79. The lowest BCUT2D eigenvalue weighted by atomic mass is 9.90. The molecule has 0 spiro atoms. The molecule has 3 aromatic carbocycles. The number of H-pyrrole nitrogens is 1. The van der Waals surface area contributed by atoms with Crippen LogP contribution in [0.1, 0.15) is 29.0 Å². The summed E-state index contributed by atoms with van der Waals surface area (Å²) < 4.78 is 0. The maximum atomic E-state index is 12.5. The number of carbonyl (C=O) groups excluding carboxylic acids is 1. The Morgan fingerprint density at radius 2 is 1.70 bits per heavy atom. The molecule has 0 fully saturated rings. The number of fused-ring (bicyclic) bond motifs is 1. The van der Waals surface area contributed by atoms with Crippen molar-refractivity contribution in [2.45, 2.75) is 18.8 Å². The van der Waals surface area contributed by atoms with Crippen LogP contribution in [-0.2, 0) is 11.2 Å². The summed E-state index contributed by atoms with van der Waals surface area (Å²) >= 11 is 6.51. The van der Waals surface area contributed by atoms with Crippen molar-refractivity contribution in [2.24, 2.45) is 0 Å². The Morgan fingerprint density at radius 1 is 0.967 bits per heavy atom. The predicted octanol–water partition coefficient (Wildman–Crippen LogP) is 5.41. The number of phenols is 1. The van der Waals surface area contributed by atoms with Gasteiger partial charge in [-0.1, -0.05) is 66.2 Å². The largest absolute Gasteiger partial charge is 0.508 e. The zero-order chi connectivity index (χ0) is 20.9. The molecule has 0 saturated heterocycles. The van der Waals surface area contributed by atoms with Crippen LogP contribution in [0.25, 0.3) is 10.9 Å². The molecule has 1 aromatic heterocycles. The molecule has 4 nitrogen and oxygen atoms in total. The molecule has 0 aliphatic rings. The number of hydrogen-bond acceptors (Lipinski definition) is 2. The molecule has 4 rings (SSSR count). The van der Waals surface area contributed by atoms with Gasteiger partial charge in [-0.2, -0.15) is 0 Å². The molecular weight excluding hydrogens is 396 g/mol.